The minimum atomic E-state index is -4.21. The van der Waals surface area contributed by atoms with Crippen LogP contribution in [0, 0.1) is 17.5 Å². The van der Waals surface area contributed by atoms with E-state index in [9.17, 15) is 21.6 Å². The van der Waals surface area contributed by atoms with Crippen LogP contribution in [-0.4, -0.2) is 19.3 Å². The third-order valence-corrected chi connectivity index (χ3v) is 5.84. The minimum Gasteiger partial charge on any atom is -0.207 e. The molecule has 3 rings (SSSR count). The van der Waals surface area contributed by atoms with Crippen LogP contribution in [0.4, 0.5) is 13.2 Å². The first-order valence-electron chi connectivity index (χ1n) is 7.12. The molecule has 1 heterocycles. The molecule has 1 aliphatic rings. The standard InChI is InChI=1S/C16H14F3NO2S/c17-12-4-1-3-11(9-12)15-5-2-8-20(15)23(21,22)16-10-13(18)6-7-14(16)19/h1,3-4,6-7,9-10,15H,2,5,8H2. The quantitative estimate of drug-likeness (QED) is 0.855. The Bertz CT molecular complexity index is 839. The third kappa shape index (κ3) is 2.98. The molecule has 23 heavy (non-hydrogen) atoms. The van der Waals surface area contributed by atoms with E-state index in [1.807, 2.05) is 0 Å². The van der Waals surface area contributed by atoms with E-state index in [1.54, 1.807) is 6.07 Å². The Morgan fingerprint density at radius 1 is 1.00 bits per heavy atom. The van der Waals surface area contributed by atoms with Crippen molar-refractivity contribution in [1.82, 2.24) is 4.31 Å². The Morgan fingerprint density at radius 2 is 1.74 bits per heavy atom. The summed E-state index contributed by atoms with van der Waals surface area (Å²) in [7, 11) is -4.21. The van der Waals surface area contributed by atoms with E-state index in [0.717, 1.165) is 16.4 Å². The summed E-state index contributed by atoms with van der Waals surface area (Å²) in [6.45, 7) is 0.180. The van der Waals surface area contributed by atoms with Crippen LogP contribution in [0.2, 0.25) is 0 Å². The average molecular weight is 341 g/mol. The van der Waals surface area contributed by atoms with E-state index >= 15 is 0 Å². The highest BCUT2D eigenvalue weighted by atomic mass is 32.2. The molecule has 0 N–H and O–H groups in total. The number of sulfonamides is 1. The zero-order valence-corrected chi connectivity index (χ0v) is 12.9. The molecule has 1 atom stereocenters. The van der Waals surface area contributed by atoms with Crippen molar-refractivity contribution in [3.8, 4) is 0 Å². The smallest absolute Gasteiger partial charge is 0.207 e. The fraction of sp³-hybridized carbons (Fsp3) is 0.250. The Kier molecular flexibility index (Phi) is 4.16. The molecule has 1 fully saturated rings. The van der Waals surface area contributed by atoms with Crippen molar-refractivity contribution in [2.75, 3.05) is 6.54 Å². The molecule has 2 aromatic rings. The van der Waals surface area contributed by atoms with Gasteiger partial charge in [0.25, 0.3) is 0 Å². The zero-order valence-electron chi connectivity index (χ0n) is 12.0. The predicted molar refractivity (Wildman–Crippen MR) is 78.6 cm³/mol. The second-order valence-electron chi connectivity index (χ2n) is 5.40. The van der Waals surface area contributed by atoms with E-state index in [1.165, 1.54) is 18.2 Å². The zero-order chi connectivity index (χ0) is 16.6. The van der Waals surface area contributed by atoms with Gasteiger partial charge in [0.05, 0.1) is 6.04 Å². The van der Waals surface area contributed by atoms with Crippen LogP contribution < -0.4 is 0 Å². The van der Waals surface area contributed by atoms with Gasteiger partial charge in [-0.15, -0.1) is 0 Å². The molecule has 7 heteroatoms. The number of nitrogens with zero attached hydrogens (tertiary/aromatic N) is 1. The van der Waals surface area contributed by atoms with Crippen molar-refractivity contribution < 1.29 is 21.6 Å². The summed E-state index contributed by atoms with van der Waals surface area (Å²) < 4.78 is 67.1. The van der Waals surface area contributed by atoms with Gasteiger partial charge < -0.3 is 0 Å². The summed E-state index contributed by atoms with van der Waals surface area (Å²) in [5.74, 6) is -2.30. The van der Waals surface area contributed by atoms with Gasteiger partial charge in [-0.2, -0.15) is 4.31 Å². The Hall–Kier alpha value is -1.86. The number of halogens is 3. The molecule has 122 valence electrons. The average Bonchev–Trinajstić information content (AvgIpc) is 3.00. The third-order valence-electron chi connectivity index (χ3n) is 3.92. The highest BCUT2D eigenvalue weighted by Crippen LogP contribution is 2.37. The summed E-state index contributed by atoms with van der Waals surface area (Å²) in [6.07, 6.45) is 1.07. The van der Waals surface area contributed by atoms with Gasteiger partial charge in [-0.25, -0.2) is 21.6 Å². The van der Waals surface area contributed by atoms with Gasteiger partial charge >= 0.3 is 0 Å². The molecule has 1 saturated heterocycles. The maximum absolute atomic E-state index is 13.9. The monoisotopic (exact) mass is 341 g/mol. The summed E-state index contributed by atoms with van der Waals surface area (Å²) >= 11 is 0. The van der Waals surface area contributed by atoms with Crippen molar-refractivity contribution in [2.24, 2.45) is 0 Å². The highest BCUT2D eigenvalue weighted by Gasteiger charge is 2.37. The molecular weight excluding hydrogens is 327 g/mol. The van der Waals surface area contributed by atoms with Crippen molar-refractivity contribution in [1.29, 1.82) is 0 Å². The number of rotatable bonds is 3. The van der Waals surface area contributed by atoms with Gasteiger partial charge in [0.1, 0.15) is 22.3 Å². The van der Waals surface area contributed by atoms with Crippen molar-refractivity contribution in [3.63, 3.8) is 0 Å². The van der Waals surface area contributed by atoms with Gasteiger partial charge in [-0.05, 0) is 48.7 Å². The van der Waals surface area contributed by atoms with Gasteiger partial charge in [-0.3, -0.25) is 0 Å². The summed E-state index contributed by atoms with van der Waals surface area (Å²) in [5.41, 5.74) is 0.503. The molecule has 0 aromatic heterocycles. The van der Waals surface area contributed by atoms with Crippen LogP contribution in [0.15, 0.2) is 47.4 Å². The lowest BCUT2D eigenvalue weighted by Crippen LogP contribution is -2.31. The Balaban J connectivity index is 2.03. The fourth-order valence-electron chi connectivity index (χ4n) is 2.88. The maximum Gasteiger partial charge on any atom is 0.246 e. The van der Waals surface area contributed by atoms with Gasteiger partial charge in [-0.1, -0.05) is 12.1 Å². The lowest BCUT2D eigenvalue weighted by molar-refractivity contribution is 0.392. The lowest BCUT2D eigenvalue weighted by atomic mass is 10.1. The molecule has 0 aliphatic carbocycles. The molecule has 2 aromatic carbocycles. The molecule has 1 aliphatic heterocycles. The van der Waals surface area contributed by atoms with E-state index < -0.39 is 38.4 Å². The van der Waals surface area contributed by atoms with Crippen LogP contribution in [0.25, 0.3) is 0 Å². The maximum atomic E-state index is 13.9. The summed E-state index contributed by atoms with van der Waals surface area (Å²) in [6, 6.07) is 7.39. The lowest BCUT2D eigenvalue weighted by Gasteiger charge is -2.24. The second kappa shape index (κ2) is 5.98. The molecule has 1 unspecified atom stereocenters. The van der Waals surface area contributed by atoms with Crippen molar-refractivity contribution in [2.45, 2.75) is 23.8 Å². The van der Waals surface area contributed by atoms with Crippen molar-refractivity contribution >= 4 is 10.0 Å². The molecule has 0 saturated carbocycles. The second-order valence-corrected chi connectivity index (χ2v) is 7.26. The molecule has 0 bridgehead atoms. The Morgan fingerprint density at radius 3 is 2.48 bits per heavy atom. The number of hydrogen-bond acceptors (Lipinski definition) is 2. The minimum absolute atomic E-state index is 0.180. The van der Waals surface area contributed by atoms with Crippen LogP contribution in [0.3, 0.4) is 0 Å². The molecule has 0 radical (unpaired) electrons. The van der Waals surface area contributed by atoms with Gasteiger partial charge in [0.15, 0.2) is 0 Å². The van der Waals surface area contributed by atoms with E-state index in [-0.39, 0.29) is 6.54 Å². The highest BCUT2D eigenvalue weighted by molar-refractivity contribution is 7.89. The topological polar surface area (TPSA) is 37.4 Å². The van der Waals surface area contributed by atoms with Crippen LogP contribution in [0.5, 0.6) is 0 Å². The first kappa shape index (κ1) is 16.0. The predicted octanol–water partition coefficient (Wildman–Crippen LogP) is 3.63. The SMILES string of the molecule is O=S(=O)(c1cc(F)ccc1F)N1CCCC1c1cccc(F)c1. The van der Waals surface area contributed by atoms with Crippen LogP contribution >= 0.6 is 0 Å². The summed E-state index contributed by atoms with van der Waals surface area (Å²) in [4.78, 5) is -0.694. The van der Waals surface area contributed by atoms with Gasteiger partial charge in [0.2, 0.25) is 10.0 Å². The number of hydrogen-bond donors (Lipinski definition) is 0. The molecule has 3 nitrogen and oxygen atoms in total. The van der Waals surface area contributed by atoms with Crippen LogP contribution in [-0.2, 0) is 10.0 Å². The Labute approximate surface area is 132 Å². The van der Waals surface area contributed by atoms with E-state index in [4.69, 9.17) is 0 Å². The van der Waals surface area contributed by atoms with Gasteiger partial charge in [0, 0.05) is 6.54 Å². The summed E-state index contributed by atoms with van der Waals surface area (Å²) in [5, 5.41) is 0. The fourth-order valence-corrected chi connectivity index (χ4v) is 4.64. The largest absolute Gasteiger partial charge is 0.246 e. The molecule has 0 amide bonds. The first-order chi connectivity index (χ1) is 10.9. The first-order valence-corrected chi connectivity index (χ1v) is 8.56. The van der Waals surface area contributed by atoms with Crippen LogP contribution in [0.1, 0.15) is 24.4 Å². The van der Waals surface area contributed by atoms with Crippen molar-refractivity contribution in [3.05, 3.63) is 65.5 Å². The molecule has 0 spiro atoms. The van der Waals surface area contributed by atoms with E-state index in [0.29, 0.717) is 24.5 Å². The normalized spacial score (nSPS) is 19.2. The number of benzene rings is 2. The molecular formula is C16H14F3NO2S. The van der Waals surface area contributed by atoms with E-state index in [2.05, 4.69) is 0 Å².